The van der Waals surface area contributed by atoms with Crippen molar-refractivity contribution in [2.45, 2.75) is 19.1 Å². The number of nitrogens with two attached hydrogens (primary N) is 1. The molecule has 0 amide bonds. The van der Waals surface area contributed by atoms with Crippen molar-refractivity contribution in [2.24, 2.45) is 5.73 Å². The maximum atomic E-state index is 12.4. The number of methoxy groups -OCH3 is 1. The molecule has 0 heterocycles. The van der Waals surface area contributed by atoms with Crippen LogP contribution in [0.1, 0.15) is 18.0 Å². The fourth-order valence-corrected chi connectivity index (χ4v) is 2.12. The maximum Gasteiger partial charge on any atom is 0.387 e. The topological polar surface area (TPSA) is 47.7 Å². The van der Waals surface area contributed by atoms with Gasteiger partial charge in [-0.05, 0) is 19.5 Å². The van der Waals surface area contributed by atoms with Crippen LogP contribution >= 0.6 is 0 Å². The zero-order valence-corrected chi connectivity index (χ0v) is 11.9. The van der Waals surface area contributed by atoms with Crippen LogP contribution in [0.25, 0.3) is 0 Å². The Hall–Kier alpha value is -1.24. The van der Waals surface area contributed by atoms with Gasteiger partial charge < -0.3 is 15.2 Å². The van der Waals surface area contributed by atoms with Gasteiger partial charge in [0.05, 0.1) is 6.04 Å². The molecule has 20 heavy (non-hydrogen) atoms. The highest BCUT2D eigenvalue weighted by Gasteiger charge is 2.20. The molecule has 0 saturated heterocycles. The van der Waals surface area contributed by atoms with Crippen molar-refractivity contribution in [3.63, 3.8) is 0 Å². The van der Waals surface area contributed by atoms with Gasteiger partial charge in [-0.1, -0.05) is 18.2 Å². The number of likely N-dealkylation sites (N-methyl/N-ethyl adjacent to an activating group) is 1. The second-order valence-corrected chi connectivity index (χ2v) is 4.49. The fraction of sp³-hybridized carbons (Fsp3) is 0.571. The summed E-state index contributed by atoms with van der Waals surface area (Å²) in [6, 6.07) is 6.59. The van der Waals surface area contributed by atoms with E-state index in [2.05, 4.69) is 4.74 Å². The molecule has 0 saturated carbocycles. The molecule has 0 bridgehead atoms. The predicted octanol–water partition coefficient (Wildman–Crippen LogP) is 2.26. The molecule has 0 radical (unpaired) electrons. The molecule has 4 nitrogen and oxygen atoms in total. The number of ether oxygens (including phenoxy) is 2. The zero-order valence-electron chi connectivity index (χ0n) is 11.9. The SMILES string of the molecule is COCCCN(C)C(CN)c1ccccc1OC(F)F. The highest BCUT2D eigenvalue weighted by molar-refractivity contribution is 5.36. The lowest BCUT2D eigenvalue weighted by atomic mass is 10.0. The number of rotatable bonds is 9. The Bertz CT molecular complexity index is 391. The zero-order chi connectivity index (χ0) is 15.0. The molecule has 0 aliphatic carbocycles. The van der Waals surface area contributed by atoms with Gasteiger partial charge in [-0.3, -0.25) is 4.90 Å². The van der Waals surface area contributed by atoms with E-state index in [0.717, 1.165) is 13.0 Å². The normalized spacial score (nSPS) is 12.9. The summed E-state index contributed by atoms with van der Waals surface area (Å²) >= 11 is 0. The van der Waals surface area contributed by atoms with E-state index in [1.807, 2.05) is 11.9 Å². The third kappa shape index (κ3) is 5.03. The van der Waals surface area contributed by atoms with Crippen molar-refractivity contribution in [2.75, 3.05) is 33.9 Å². The first-order chi connectivity index (χ1) is 9.60. The van der Waals surface area contributed by atoms with Gasteiger partial charge in [0.2, 0.25) is 0 Å². The molecular weight excluding hydrogens is 266 g/mol. The van der Waals surface area contributed by atoms with Gasteiger partial charge in [-0.15, -0.1) is 0 Å². The Labute approximate surface area is 118 Å². The van der Waals surface area contributed by atoms with E-state index in [-0.39, 0.29) is 11.8 Å². The highest BCUT2D eigenvalue weighted by atomic mass is 19.3. The maximum absolute atomic E-state index is 12.4. The Kier molecular flexibility index (Phi) is 7.43. The second kappa shape index (κ2) is 8.84. The van der Waals surface area contributed by atoms with E-state index in [9.17, 15) is 8.78 Å². The number of hydrogen-bond acceptors (Lipinski definition) is 4. The van der Waals surface area contributed by atoms with Crippen LogP contribution in [-0.2, 0) is 4.74 Å². The summed E-state index contributed by atoms with van der Waals surface area (Å²) in [5.74, 6) is 0.177. The standard InChI is InChI=1S/C14H22F2N2O2/c1-18(8-5-9-19-2)12(10-17)11-6-3-4-7-13(11)20-14(15)16/h3-4,6-7,12,14H,5,8-10,17H2,1-2H3. The van der Waals surface area contributed by atoms with Crippen molar-refractivity contribution in [3.05, 3.63) is 29.8 Å². The van der Waals surface area contributed by atoms with Gasteiger partial charge >= 0.3 is 6.61 Å². The van der Waals surface area contributed by atoms with Crippen LogP contribution in [0.15, 0.2) is 24.3 Å². The van der Waals surface area contributed by atoms with Crippen LogP contribution in [0, 0.1) is 0 Å². The largest absolute Gasteiger partial charge is 0.434 e. The van der Waals surface area contributed by atoms with E-state index in [0.29, 0.717) is 18.7 Å². The first-order valence-electron chi connectivity index (χ1n) is 6.53. The smallest absolute Gasteiger partial charge is 0.387 e. The number of hydrogen-bond donors (Lipinski definition) is 1. The van der Waals surface area contributed by atoms with E-state index in [1.165, 1.54) is 6.07 Å². The van der Waals surface area contributed by atoms with Crippen LogP contribution in [0.5, 0.6) is 5.75 Å². The van der Waals surface area contributed by atoms with Crippen LogP contribution in [0.2, 0.25) is 0 Å². The Morgan fingerprint density at radius 1 is 1.30 bits per heavy atom. The summed E-state index contributed by atoms with van der Waals surface area (Å²) in [6.45, 7) is -1.10. The minimum atomic E-state index is -2.84. The number of halogens is 2. The highest BCUT2D eigenvalue weighted by Crippen LogP contribution is 2.29. The molecule has 1 unspecified atom stereocenters. The number of nitrogens with zero attached hydrogens (tertiary/aromatic N) is 1. The molecule has 2 N–H and O–H groups in total. The van der Waals surface area contributed by atoms with Crippen LogP contribution in [0.4, 0.5) is 8.78 Å². The molecule has 6 heteroatoms. The minimum Gasteiger partial charge on any atom is -0.434 e. The van der Waals surface area contributed by atoms with Gasteiger partial charge in [-0.25, -0.2) is 0 Å². The second-order valence-electron chi connectivity index (χ2n) is 4.49. The molecule has 1 rings (SSSR count). The lowest BCUT2D eigenvalue weighted by molar-refractivity contribution is -0.0511. The molecule has 0 aliphatic rings. The van der Waals surface area contributed by atoms with Gasteiger partial charge in [0.25, 0.3) is 0 Å². The average molecular weight is 288 g/mol. The monoisotopic (exact) mass is 288 g/mol. The van der Waals surface area contributed by atoms with Gasteiger partial charge in [0.1, 0.15) is 5.75 Å². The van der Waals surface area contributed by atoms with Gasteiger partial charge in [0, 0.05) is 32.4 Å². The van der Waals surface area contributed by atoms with Crippen LogP contribution in [0.3, 0.4) is 0 Å². The summed E-state index contributed by atoms with van der Waals surface area (Å²) in [5.41, 5.74) is 6.47. The lowest BCUT2D eigenvalue weighted by Crippen LogP contribution is -2.32. The van der Waals surface area contributed by atoms with Gasteiger partial charge in [-0.2, -0.15) is 8.78 Å². The third-order valence-electron chi connectivity index (χ3n) is 3.11. The molecule has 0 spiro atoms. The van der Waals surface area contributed by atoms with Crippen molar-refractivity contribution in [1.82, 2.24) is 4.90 Å². The van der Waals surface area contributed by atoms with E-state index in [4.69, 9.17) is 10.5 Å². The molecule has 0 aliphatic heterocycles. The number of benzene rings is 1. The molecule has 0 fully saturated rings. The van der Waals surface area contributed by atoms with E-state index >= 15 is 0 Å². The van der Waals surface area contributed by atoms with Crippen LogP contribution < -0.4 is 10.5 Å². The third-order valence-corrected chi connectivity index (χ3v) is 3.11. The lowest BCUT2D eigenvalue weighted by Gasteiger charge is -2.28. The Balaban J connectivity index is 2.82. The first-order valence-corrected chi connectivity index (χ1v) is 6.53. The summed E-state index contributed by atoms with van der Waals surface area (Å²) in [6.07, 6.45) is 0.849. The first kappa shape index (κ1) is 16.8. The van der Waals surface area contributed by atoms with E-state index in [1.54, 1.807) is 25.3 Å². The number of para-hydroxylation sites is 1. The van der Waals surface area contributed by atoms with Crippen molar-refractivity contribution < 1.29 is 18.3 Å². The van der Waals surface area contributed by atoms with E-state index < -0.39 is 6.61 Å². The average Bonchev–Trinajstić information content (AvgIpc) is 2.41. The number of alkyl halides is 2. The van der Waals surface area contributed by atoms with Gasteiger partial charge in [0.15, 0.2) is 0 Å². The molecule has 1 aromatic rings. The molecular formula is C14H22F2N2O2. The molecule has 1 atom stereocenters. The van der Waals surface area contributed by atoms with Crippen LogP contribution in [-0.4, -0.2) is 45.4 Å². The summed E-state index contributed by atoms with van der Waals surface area (Å²) < 4.78 is 34.4. The molecule has 114 valence electrons. The summed E-state index contributed by atoms with van der Waals surface area (Å²) in [5, 5.41) is 0. The quantitative estimate of drug-likeness (QED) is 0.708. The fourth-order valence-electron chi connectivity index (χ4n) is 2.12. The van der Waals surface area contributed by atoms with Crippen molar-refractivity contribution in [1.29, 1.82) is 0 Å². The Morgan fingerprint density at radius 3 is 2.60 bits per heavy atom. The summed E-state index contributed by atoms with van der Waals surface area (Å²) in [7, 11) is 3.55. The summed E-state index contributed by atoms with van der Waals surface area (Å²) in [4.78, 5) is 2.02. The van der Waals surface area contributed by atoms with Crippen molar-refractivity contribution >= 4 is 0 Å². The van der Waals surface area contributed by atoms with Crippen molar-refractivity contribution in [3.8, 4) is 5.75 Å². The molecule has 0 aromatic heterocycles. The predicted molar refractivity (Wildman–Crippen MR) is 74.0 cm³/mol. The minimum absolute atomic E-state index is 0.165. The molecule has 1 aromatic carbocycles. The Morgan fingerprint density at radius 2 is 2.00 bits per heavy atom.